The van der Waals surface area contributed by atoms with Crippen LogP contribution in [0.4, 0.5) is 15.9 Å². The number of hydrogen-bond acceptors (Lipinski definition) is 3. The van der Waals surface area contributed by atoms with Crippen molar-refractivity contribution in [1.29, 1.82) is 0 Å². The van der Waals surface area contributed by atoms with Crippen molar-refractivity contribution in [3.63, 3.8) is 0 Å². The van der Waals surface area contributed by atoms with E-state index in [1.165, 1.54) is 6.07 Å². The lowest BCUT2D eigenvalue weighted by molar-refractivity contribution is 0.614. The van der Waals surface area contributed by atoms with Gasteiger partial charge in [0, 0.05) is 18.3 Å². The number of halogens is 1. The van der Waals surface area contributed by atoms with Crippen molar-refractivity contribution in [3.05, 3.63) is 53.5 Å². The van der Waals surface area contributed by atoms with E-state index in [4.69, 9.17) is 11.5 Å². The van der Waals surface area contributed by atoms with Gasteiger partial charge in [-0.05, 0) is 35.4 Å². The average molecular weight is 217 g/mol. The average Bonchev–Trinajstić information content (AvgIpc) is 2.22. The molecular formula is C12H12FN3. The Labute approximate surface area is 92.9 Å². The monoisotopic (exact) mass is 217 g/mol. The van der Waals surface area contributed by atoms with E-state index < -0.39 is 0 Å². The molecule has 0 aliphatic heterocycles. The van der Waals surface area contributed by atoms with Crippen LogP contribution in [0.2, 0.25) is 0 Å². The molecule has 0 saturated carbocycles. The van der Waals surface area contributed by atoms with Crippen LogP contribution in [0.5, 0.6) is 0 Å². The molecule has 1 heterocycles. The molecule has 0 amide bonds. The van der Waals surface area contributed by atoms with Crippen LogP contribution in [-0.2, 0) is 6.42 Å². The Morgan fingerprint density at radius 1 is 1.12 bits per heavy atom. The summed E-state index contributed by atoms with van der Waals surface area (Å²) in [7, 11) is 0. The maximum Gasteiger partial charge on any atom is 0.128 e. The number of anilines is 2. The molecule has 0 atom stereocenters. The smallest absolute Gasteiger partial charge is 0.128 e. The molecule has 82 valence electrons. The zero-order valence-electron chi connectivity index (χ0n) is 8.65. The SMILES string of the molecule is Nc1ccc(Cc2ccnc(N)c2)c(F)c1. The van der Waals surface area contributed by atoms with Gasteiger partial charge in [-0.15, -0.1) is 0 Å². The van der Waals surface area contributed by atoms with Gasteiger partial charge in [0.2, 0.25) is 0 Å². The third-order valence-corrected chi connectivity index (χ3v) is 2.32. The van der Waals surface area contributed by atoms with E-state index in [-0.39, 0.29) is 5.82 Å². The first kappa shape index (κ1) is 10.4. The van der Waals surface area contributed by atoms with E-state index in [9.17, 15) is 4.39 Å². The Hall–Kier alpha value is -2.10. The highest BCUT2D eigenvalue weighted by atomic mass is 19.1. The fourth-order valence-corrected chi connectivity index (χ4v) is 1.53. The summed E-state index contributed by atoms with van der Waals surface area (Å²) in [5.41, 5.74) is 13.0. The third-order valence-electron chi connectivity index (χ3n) is 2.32. The van der Waals surface area contributed by atoms with Gasteiger partial charge in [-0.2, -0.15) is 0 Å². The molecule has 2 aromatic rings. The molecule has 0 aliphatic carbocycles. The summed E-state index contributed by atoms with van der Waals surface area (Å²) in [4.78, 5) is 3.88. The van der Waals surface area contributed by atoms with E-state index in [0.717, 1.165) is 5.56 Å². The Balaban J connectivity index is 2.27. The van der Waals surface area contributed by atoms with Crippen LogP contribution >= 0.6 is 0 Å². The van der Waals surface area contributed by atoms with Crippen LogP contribution in [0.1, 0.15) is 11.1 Å². The molecule has 2 rings (SSSR count). The normalized spacial score (nSPS) is 10.3. The maximum absolute atomic E-state index is 13.5. The molecule has 1 aromatic heterocycles. The van der Waals surface area contributed by atoms with Gasteiger partial charge in [-0.3, -0.25) is 0 Å². The Kier molecular flexibility index (Phi) is 2.72. The highest BCUT2D eigenvalue weighted by molar-refractivity contribution is 5.42. The lowest BCUT2D eigenvalue weighted by Gasteiger charge is -2.04. The summed E-state index contributed by atoms with van der Waals surface area (Å²) in [5, 5.41) is 0. The zero-order chi connectivity index (χ0) is 11.5. The number of nitrogen functional groups attached to an aromatic ring is 2. The highest BCUT2D eigenvalue weighted by Crippen LogP contribution is 2.16. The van der Waals surface area contributed by atoms with Gasteiger partial charge in [-0.25, -0.2) is 9.37 Å². The minimum atomic E-state index is -0.296. The summed E-state index contributed by atoms with van der Waals surface area (Å²) in [6.07, 6.45) is 2.10. The summed E-state index contributed by atoms with van der Waals surface area (Å²) >= 11 is 0. The number of aromatic nitrogens is 1. The van der Waals surface area contributed by atoms with Crippen molar-refractivity contribution in [3.8, 4) is 0 Å². The van der Waals surface area contributed by atoms with E-state index in [1.807, 2.05) is 6.07 Å². The van der Waals surface area contributed by atoms with Crippen molar-refractivity contribution in [2.75, 3.05) is 11.5 Å². The van der Waals surface area contributed by atoms with Crippen LogP contribution in [0.15, 0.2) is 36.5 Å². The van der Waals surface area contributed by atoms with Crippen molar-refractivity contribution in [2.24, 2.45) is 0 Å². The van der Waals surface area contributed by atoms with Gasteiger partial charge in [0.05, 0.1) is 0 Å². The van der Waals surface area contributed by atoms with Crippen LogP contribution in [0, 0.1) is 5.82 Å². The minimum absolute atomic E-state index is 0.296. The van der Waals surface area contributed by atoms with Gasteiger partial charge in [-0.1, -0.05) is 6.07 Å². The summed E-state index contributed by atoms with van der Waals surface area (Å²) in [5.74, 6) is 0.142. The second-order valence-corrected chi connectivity index (χ2v) is 3.62. The van der Waals surface area contributed by atoms with Gasteiger partial charge in [0.1, 0.15) is 11.6 Å². The second-order valence-electron chi connectivity index (χ2n) is 3.62. The molecule has 3 nitrogen and oxygen atoms in total. The zero-order valence-corrected chi connectivity index (χ0v) is 8.65. The summed E-state index contributed by atoms with van der Waals surface area (Å²) < 4.78 is 13.5. The van der Waals surface area contributed by atoms with Crippen LogP contribution in [0.3, 0.4) is 0 Å². The van der Waals surface area contributed by atoms with E-state index >= 15 is 0 Å². The summed E-state index contributed by atoms with van der Waals surface area (Å²) in [6, 6.07) is 8.23. The van der Waals surface area contributed by atoms with Gasteiger partial charge in [0.15, 0.2) is 0 Å². The van der Waals surface area contributed by atoms with E-state index in [1.54, 1.807) is 24.4 Å². The summed E-state index contributed by atoms with van der Waals surface area (Å²) in [6.45, 7) is 0. The van der Waals surface area contributed by atoms with Crippen LogP contribution < -0.4 is 11.5 Å². The van der Waals surface area contributed by atoms with Gasteiger partial charge >= 0.3 is 0 Å². The van der Waals surface area contributed by atoms with E-state index in [2.05, 4.69) is 4.98 Å². The number of hydrogen-bond donors (Lipinski definition) is 2. The Bertz CT molecular complexity index is 511. The van der Waals surface area contributed by atoms with Crippen LogP contribution in [-0.4, -0.2) is 4.98 Å². The maximum atomic E-state index is 13.5. The number of pyridine rings is 1. The molecule has 0 bridgehead atoms. The number of nitrogens with two attached hydrogens (primary N) is 2. The largest absolute Gasteiger partial charge is 0.399 e. The lowest BCUT2D eigenvalue weighted by atomic mass is 10.1. The van der Waals surface area contributed by atoms with Gasteiger partial charge in [0.25, 0.3) is 0 Å². The molecule has 0 spiro atoms. The minimum Gasteiger partial charge on any atom is -0.399 e. The molecule has 0 aliphatic rings. The molecule has 4 N–H and O–H groups in total. The topological polar surface area (TPSA) is 64.9 Å². The van der Waals surface area contributed by atoms with Gasteiger partial charge < -0.3 is 11.5 Å². The standard InChI is InChI=1S/C12H12FN3/c13-11-7-10(14)2-1-9(11)5-8-3-4-16-12(15)6-8/h1-4,6-7H,5,14H2,(H2,15,16). The lowest BCUT2D eigenvalue weighted by Crippen LogP contribution is -1.97. The number of nitrogens with zero attached hydrogens (tertiary/aromatic N) is 1. The van der Waals surface area contributed by atoms with Crippen molar-refractivity contribution >= 4 is 11.5 Å². The fraction of sp³-hybridized carbons (Fsp3) is 0.0833. The predicted octanol–water partition coefficient (Wildman–Crippen LogP) is 1.98. The first-order chi connectivity index (χ1) is 7.65. The molecule has 0 radical (unpaired) electrons. The number of rotatable bonds is 2. The number of benzene rings is 1. The molecule has 16 heavy (non-hydrogen) atoms. The van der Waals surface area contributed by atoms with Crippen molar-refractivity contribution < 1.29 is 4.39 Å². The molecule has 0 fully saturated rings. The van der Waals surface area contributed by atoms with Crippen molar-refractivity contribution in [1.82, 2.24) is 4.98 Å². The van der Waals surface area contributed by atoms with E-state index in [0.29, 0.717) is 23.5 Å². The third kappa shape index (κ3) is 2.28. The molecular weight excluding hydrogens is 205 g/mol. The molecule has 0 saturated heterocycles. The predicted molar refractivity (Wildman–Crippen MR) is 62.3 cm³/mol. The fourth-order valence-electron chi connectivity index (χ4n) is 1.53. The Morgan fingerprint density at radius 2 is 1.94 bits per heavy atom. The second kappa shape index (κ2) is 4.18. The quantitative estimate of drug-likeness (QED) is 0.756. The van der Waals surface area contributed by atoms with Crippen LogP contribution in [0.25, 0.3) is 0 Å². The molecule has 1 aromatic carbocycles. The Morgan fingerprint density at radius 3 is 2.62 bits per heavy atom. The highest BCUT2D eigenvalue weighted by Gasteiger charge is 2.04. The molecule has 4 heteroatoms. The molecule has 0 unspecified atom stereocenters. The first-order valence-corrected chi connectivity index (χ1v) is 4.89. The van der Waals surface area contributed by atoms with Crippen molar-refractivity contribution in [2.45, 2.75) is 6.42 Å². The first-order valence-electron chi connectivity index (χ1n) is 4.89.